The highest BCUT2D eigenvalue weighted by Gasteiger charge is 2.14. The quantitative estimate of drug-likeness (QED) is 0.140. The van der Waals surface area contributed by atoms with E-state index in [1.807, 2.05) is 30.3 Å². The van der Waals surface area contributed by atoms with Gasteiger partial charge in [0.25, 0.3) is 0 Å². The summed E-state index contributed by atoms with van der Waals surface area (Å²) in [6.07, 6.45) is 16.9. The van der Waals surface area contributed by atoms with Crippen molar-refractivity contribution in [3.63, 3.8) is 0 Å². The van der Waals surface area contributed by atoms with Crippen LogP contribution in [0.2, 0.25) is 0 Å². The van der Waals surface area contributed by atoms with E-state index >= 15 is 0 Å². The molecule has 222 valence electrons. The molecular formula is C34H44O6S. The standard InChI is InChI=1S/C34H44O6S/c1-7-8-9-10-11-12-13-20-40-34-31(37-4)23-26(24-32(34)38-5)15-17-28-19-18-27(41-28)16-14-25-21-29(35-2)33(39-6)30(22-25)36-3/h14-19,21-24H,7-13,20H2,1-6H3/b16-14+,17-15+. The van der Waals surface area contributed by atoms with Crippen LogP contribution in [0.3, 0.4) is 0 Å². The van der Waals surface area contributed by atoms with Crippen LogP contribution in [0.1, 0.15) is 72.8 Å². The Morgan fingerprint density at radius 1 is 0.537 bits per heavy atom. The highest BCUT2D eigenvalue weighted by atomic mass is 32.1. The fourth-order valence-electron chi connectivity index (χ4n) is 4.47. The van der Waals surface area contributed by atoms with Gasteiger partial charge >= 0.3 is 0 Å². The fraction of sp³-hybridized carbons (Fsp3) is 0.412. The van der Waals surface area contributed by atoms with Gasteiger partial charge in [0.1, 0.15) is 0 Å². The molecule has 0 spiro atoms. The summed E-state index contributed by atoms with van der Waals surface area (Å²) >= 11 is 1.70. The van der Waals surface area contributed by atoms with Crippen molar-refractivity contribution in [1.82, 2.24) is 0 Å². The van der Waals surface area contributed by atoms with Gasteiger partial charge in [-0.15, -0.1) is 11.3 Å². The van der Waals surface area contributed by atoms with Gasteiger partial charge < -0.3 is 28.4 Å². The molecule has 0 amide bonds. The minimum Gasteiger partial charge on any atom is -0.493 e. The molecule has 0 aliphatic rings. The van der Waals surface area contributed by atoms with Crippen LogP contribution in [0.15, 0.2) is 36.4 Å². The summed E-state index contributed by atoms with van der Waals surface area (Å²) in [5, 5.41) is 0. The van der Waals surface area contributed by atoms with Crippen LogP contribution in [-0.2, 0) is 0 Å². The Kier molecular flexibility index (Phi) is 13.5. The van der Waals surface area contributed by atoms with E-state index in [4.69, 9.17) is 28.4 Å². The number of hydrogen-bond acceptors (Lipinski definition) is 7. The molecule has 1 heterocycles. The molecule has 7 heteroatoms. The first-order valence-electron chi connectivity index (χ1n) is 14.2. The molecule has 41 heavy (non-hydrogen) atoms. The summed E-state index contributed by atoms with van der Waals surface area (Å²) in [7, 11) is 8.16. The first kappa shape index (κ1) is 31.9. The highest BCUT2D eigenvalue weighted by molar-refractivity contribution is 7.13. The van der Waals surface area contributed by atoms with E-state index in [1.54, 1.807) is 46.9 Å². The minimum atomic E-state index is 0.580. The van der Waals surface area contributed by atoms with E-state index in [0.29, 0.717) is 41.1 Å². The van der Waals surface area contributed by atoms with Crippen molar-refractivity contribution in [1.29, 1.82) is 0 Å². The van der Waals surface area contributed by atoms with Gasteiger partial charge in [-0.1, -0.05) is 57.6 Å². The SMILES string of the molecule is CCCCCCCCCOc1c(OC)cc(/C=C/c2ccc(/C=C/c3cc(OC)c(OC)c(OC)c3)s2)cc1OC. The molecule has 0 radical (unpaired) electrons. The third-order valence-corrected chi connectivity index (χ3v) is 7.71. The zero-order valence-electron chi connectivity index (χ0n) is 25.3. The van der Waals surface area contributed by atoms with Gasteiger partial charge in [0, 0.05) is 9.75 Å². The summed E-state index contributed by atoms with van der Waals surface area (Å²) in [5.74, 6) is 3.84. The maximum absolute atomic E-state index is 6.10. The molecule has 0 saturated carbocycles. The van der Waals surface area contributed by atoms with E-state index < -0.39 is 0 Å². The van der Waals surface area contributed by atoms with Gasteiger partial charge in [-0.05, 0) is 66.1 Å². The summed E-state index contributed by atoms with van der Waals surface area (Å²) in [6.45, 7) is 2.89. The van der Waals surface area contributed by atoms with E-state index in [0.717, 1.165) is 27.3 Å². The number of ether oxygens (including phenoxy) is 6. The Morgan fingerprint density at radius 2 is 0.976 bits per heavy atom. The van der Waals surface area contributed by atoms with E-state index in [1.165, 1.54) is 38.5 Å². The van der Waals surface area contributed by atoms with Crippen molar-refractivity contribution in [3.05, 3.63) is 57.3 Å². The number of thiophene rings is 1. The van der Waals surface area contributed by atoms with Crippen molar-refractivity contribution < 1.29 is 28.4 Å². The largest absolute Gasteiger partial charge is 0.493 e. The third kappa shape index (κ3) is 9.49. The van der Waals surface area contributed by atoms with Crippen LogP contribution >= 0.6 is 11.3 Å². The number of rotatable bonds is 18. The van der Waals surface area contributed by atoms with Crippen molar-refractivity contribution in [3.8, 4) is 34.5 Å². The molecule has 3 aromatic rings. The smallest absolute Gasteiger partial charge is 0.203 e. The molecule has 1 aromatic heterocycles. The Hall–Kier alpha value is -3.58. The van der Waals surface area contributed by atoms with Gasteiger partial charge in [0.2, 0.25) is 11.5 Å². The van der Waals surface area contributed by atoms with Crippen LogP contribution in [0.25, 0.3) is 24.3 Å². The maximum atomic E-state index is 6.10. The summed E-state index contributed by atoms with van der Waals surface area (Å²) in [4.78, 5) is 2.26. The summed E-state index contributed by atoms with van der Waals surface area (Å²) < 4.78 is 33.8. The molecule has 3 rings (SSSR count). The zero-order valence-corrected chi connectivity index (χ0v) is 26.1. The molecule has 0 unspecified atom stereocenters. The van der Waals surface area contributed by atoms with Crippen molar-refractivity contribution in [2.24, 2.45) is 0 Å². The first-order valence-corrected chi connectivity index (χ1v) is 15.0. The topological polar surface area (TPSA) is 55.4 Å². The average Bonchev–Trinajstić information content (AvgIpc) is 3.47. The second-order valence-electron chi connectivity index (χ2n) is 9.59. The lowest BCUT2D eigenvalue weighted by atomic mass is 10.1. The van der Waals surface area contributed by atoms with Gasteiger partial charge in [-0.2, -0.15) is 0 Å². The molecular weight excluding hydrogens is 536 g/mol. The molecule has 0 atom stereocenters. The van der Waals surface area contributed by atoms with E-state index in [-0.39, 0.29) is 0 Å². The second-order valence-corrected chi connectivity index (χ2v) is 10.7. The van der Waals surface area contributed by atoms with Crippen LogP contribution in [0.5, 0.6) is 34.5 Å². The van der Waals surface area contributed by atoms with E-state index in [9.17, 15) is 0 Å². The van der Waals surface area contributed by atoms with Crippen LogP contribution in [0.4, 0.5) is 0 Å². The van der Waals surface area contributed by atoms with Gasteiger partial charge in [0.05, 0.1) is 42.2 Å². The van der Waals surface area contributed by atoms with Crippen molar-refractivity contribution in [2.75, 3.05) is 42.2 Å². The third-order valence-electron chi connectivity index (χ3n) is 6.69. The zero-order chi connectivity index (χ0) is 29.5. The fourth-order valence-corrected chi connectivity index (χ4v) is 5.29. The molecule has 0 bridgehead atoms. The van der Waals surface area contributed by atoms with Gasteiger partial charge in [-0.3, -0.25) is 0 Å². The number of benzene rings is 2. The predicted octanol–water partition coefficient (Wildman–Crippen LogP) is 9.26. The molecule has 0 fully saturated rings. The van der Waals surface area contributed by atoms with Gasteiger partial charge in [-0.25, -0.2) is 0 Å². The Bertz CT molecular complexity index is 1230. The molecule has 0 N–H and O–H groups in total. The predicted molar refractivity (Wildman–Crippen MR) is 171 cm³/mol. The van der Waals surface area contributed by atoms with Gasteiger partial charge in [0.15, 0.2) is 23.0 Å². The Balaban J connectivity index is 1.65. The molecule has 6 nitrogen and oxygen atoms in total. The normalized spacial score (nSPS) is 11.3. The number of unbranched alkanes of at least 4 members (excludes halogenated alkanes) is 6. The van der Waals surface area contributed by atoms with E-state index in [2.05, 4.69) is 37.3 Å². The Morgan fingerprint density at radius 3 is 1.41 bits per heavy atom. The summed E-state index contributed by atoms with van der Waals surface area (Å²) in [6, 6.07) is 12.0. The molecule has 0 saturated heterocycles. The first-order chi connectivity index (χ1) is 20.1. The lowest BCUT2D eigenvalue weighted by Crippen LogP contribution is -2.02. The minimum absolute atomic E-state index is 0.580. The van der Waals surface area contributed by atoms with Crippen LogP contribution in [0, 0.1) is 0 Å². The van der Waals surface area contributed by atoms with Crippen LogP contribution in [-0.4, -0.2) is 42.2 Å². The Labute approximate surface area is 249 Å². The summed E-state index contributed by atoms with van der Waals surface area (Å²) in [5.41, 5.74) is 1.93. The number of hydrogen-bond donors (Lipinski definition) is 0. The number of methoxy groups -OCH3 is 5. The lowest BCUT2D eigenvalue weighted by Gasteiger charge is -2.15. The maximum Gasteiger partial charge on any atom is 0.203 e. The van der Waals surface area contributed by atoms with Crippen molar-refractivity contribution in [2.45, 2.75) is 51.9 Å². The molecule has 2 aromatic carbocycles. The molecule has 0 aliphatic heterocycles. The monoisotopic (exact) mass is 580 g/mol. The van der Waals surface area contributed by atoms with Crippen molar-refractivity contribution >= 4 is 35.6 Å². The molecule has 0 aliphatic carbocycles. The van der Waals surface area contributed by atoms with Crippen LogP contribution < -0.4 is 28.4 Å². The highest BCUT2D eigenvalue weighted by Crippen LogP contribution is 2.40. The lowest BCUT2D eigenvalue weighted by molar-refractivity contribution is 0.267. The second kappa shape index (κ2) is 17.3. The average molecular weight is 581 g/mol.